The van der Waals surface area contributed by atoms with E-state index in [4.69, 9.17) is 5.73 Å². The Morgan fingerprint density at radius 3 is 2.44 bits per heavy atom. The monoisotopic (exact) mass is 366 g/mol. The fraction of sp³-hybridized carbons (Fsp3) is 0.316. The summed E-state index contributed by atoms with van der Waals surface area (Å²) < 4.78 is 14.7. The average Bonchev–Trinajstić information content (AvgIpc) is 2.64. The number of hydrogen-bond acceptors (Lipinski definition) is 6. The lowest BCUT2D eigenvalue weighted by Crippen LogP contribution is -2.44. The molecule has 1 aromatic heterocycles. The lowest BCUT2D eigenvalue weighted by Gasteiger charge is -2.32. The molecule has 1 saturated heterocycles. The Hall–Kier alpha value is -3.20. The number of nitrogens with two attached hydrogens (primary N) is 1. The first kappa shape index (κ1) is 18.6. The molecule has 0 amide bonds. The average molecular weight is 366 g/mol. The molecule has 0 saturated carbocycles. The molecule has 0 spiro atoms. The van der Waals surface area contributed by atoms with Gasteiger partial charge in [0.25, 0.3) is 5.56 Å². The number of hydrogen-bond donors (Lipinski definition) is 2. The zero-order valence-corrected chi connectivity index (χ0v) is 14.9. The molecule has 138 valence electrons. The predicted octanol–water partition coefficient (Wildman–Crippen LogP) is 1.25. The zero-order chi connectivity index (χ0) is 19.6. The Kier molecular flexibility index (Phi) is 5.22. The van der Waals surface area contributed by atoms with E-state index in [1.807, 2.05) is 6.07 Å². The molecular weight excluding hydrogens is 347 g/mol. The zero-order valence-electron chi connectivity index (χ0n) is 14.9. The van der Waals surface area contributed by atoms with Gasteiger partial charge >= 0.3 is 0 Å². The molecule has 0 atom stereocenters. The molecule has 7 nitrogen and oxygen atoms in total. The second-order valence-electron chi connectivity index (χ2n) is 6.60. The number of nitrogen functional groups attached to an aromatic ring is 1. The summed E-state index contributed by atoms with van der Waals surface area (Å²) in [5.41, 5.74) is 5.57. The number of halogens is 1. The van der Waals surface area contributed by atoms with Crippen LogP contribution < -0.4 is 11.3 Å². The van der Waals surface area contributed by atoms with Gasteiger partial charge in [-0.1, -0.05) is 12.1 Å². The highest BCUT2D eigenvalue weighted by molar-refractivity contribution is 5.80. The van der Waals surface area contributed by atoms with Crippen molar-refractivity contribution in [3.05, 3.63) is 51.1 Å². The number of nitriles is 2. The number of nitrogens with zero attached hydrogens (tertiary/aromatic N) is 4. The number of anilines is 1. The minimum Gasteiger partial charge on any atom is -0.384 e. The molecule has 0 bridgehead atoms. The molecule has 3 rings (SSSR count). The first-order chi connectivity index (χ1) is 12.9. The fourth-order valence-corrected chi connectivity index (χ4v) is 3.21. The van der Waals surface area contributed by atoms with Crippen molar-refractivity contribution in [2.45, 2.75) is 6.54 Å². The van der Waals surface area contributed by atoms with E-state index in [9.17, 15) is 19.7 Å². The van der Waals surface area contributed by atoms with Crippen molar-refractivity contribution < 1.29 is 4.39 Å². The second kappa shape index (κ2) is 7.58. The van der Waals surface area contributed by atoms with Crippen molar-refractivity contribution in [3.8, 4) is 23.3 Å². The first-order valence-corrected chi connectivity index (χ1v) is 8.50. The summed E-state index contributed by atoms with van der Waals surface area (Å²) >= 11 is 0. The van der Waals surface area contributed by atoms with Crippen LogP contribution in [0.2, 0.25) is 0 Å². The molecular formula is C19H19FN6O. The molecule has 0 unspecified atom stereocenters. The van der Waals surface area contributed by atoms with Gasteiger partial charge in [0, 0.05) is 43.9 Å². The third kappa shape index (κ3) is 3.68. The standard InChI is InChI=1S/C19H19FN6O/c1-25-4-6-26(7-5-25)11-13-3-2-12(8-16(13)20)17-14(9-21)18(23)24-19(27)15(17)10-22/h2-3,8H,4-7,11H2,1H3,(H3,23,24,27). The van der Waals surface area contributed by atoms with Crippen molar-refractivity contribution in [2.24, 2.45) is 0 Å². The minimum atomic E-state index is -0.703. The smallest absolute Gasteiger partial charge is 0.268 e. The maximum atomic E-state index is 14.7. The predicted molar refractivity (Wildman–Crippen MR) is 99.1 cm³/mol. The van der Waals surface area contributed by atoms with E-state index in [2.05, 4.69) is 21.8 Å². The van der Waals surface area contributed by atoms with Gasteiger partial charge in [0.1, 0.15) is 34.9 Å². The van der Waals surface area contributed by atoms with Gasteiger partial charge in [-0.3, -0.25) is 9.69 Å². The number of aromatic nitrogens is 1. The summed E-state index contributed by atoms with van der Waals surface area (Å²) in [6.07, 6.45) is 0. The van der Waals surface area contributed by atoms with E-state index < -0.39 is 11.4 Å². The van der Waals surface area contributed by atoms with Crippen LogP contribution in [0.15, 0.2) is 23.0 Å². The highest BCUT2D eigenvalue weighted by Gasteiger charge is 2.20. The highest BCUT2D eigenvalue weighted by atomic mass is 19.1. The molecule has 27 heavy (non-hydrogen) atoms. The van der Waals surface area contributed by atoms with Crippen molar-refractivity contribution in [1.82, 2.24) is 14.8 Å². The van der Waals surface area contributed by atoms with Gasteiger partial charge in [0.2, 0.25) is 0 Å². The van der Waals surface area contributed by atoms with Gasteiger partial charge in [-0.25, -0.2) is 4.39 Å². The molecule has 0 aliphatic carbocycles. The van der Waals surface area contributed by atoms with Gasteiger partial charge in [0.15, 0.2) is 0 Å². The molecule has 1 fully saturated rings. The van der Waals surface area contributed by atoms with Gasteiger partial charge in [-0.15, -0.1) is 0 Å². The molecule has 1 aliphatic rings. The fourth-order valence-electron chi connectivity index (χ4n) is 3.21. The van der Waals surface area contributed by atoms with Gasteiger partial charge < -0.3 is 15.6 Å². The lowest BCUT2D eigenvalue weighted by molar-refractivity contribution is 0.147. The molecule has 3 N–H and O–H groups in total. The van der Waals surface area contributed by atoms with Crippen molar-refractivity contribution in [2.75, 3.05) is 39.0 Å². The third-order valence-electron chi connectivity index (χ3n) is 4.80. The Morgan fingerprint density at radius 1 is 1.19 bits per heavy atom. The van der Waals surface area contributed by atoms with Crippen LogP contribution in [0, 0.1) is 28.5 Å². The number of aromatic amines is 1. The minimum absolute atomic E-state index is 0.0441. The molecule has 1 aliphatic heterocycles. The van der Waals surface area contributed by atoms with E-state index in [-0.39, 0.29) is 28.1 Å². The number of benzene rings is 1. The molecule has 2 heterocycles. The number of nitrogens with one attached hydrogen (secondary N) is 1. The summed E-state index contributed by atoms with van der Waals surface area (Å²) in [7, 11) is 2.06. The lowest BCUT2D eigenvalue weighted by atomic mass is 9.95. The summed E-state index contributed by atoms with van der Waals surface area (Å²) in [5.74, 6) is -0.587. The van der Waals surface area contributed by atoms with Crippen molar-refractivity contribution in [1.29, 1.82) is 10.5 Å². The Morgan fingerprint density at radius 2 is 1.85 bits per heavy atom. The van der Waals surface area contributed by atoms with E-state index in [0.29, 0.717) is 12.1 Å². The maximum Gasteiger partial charge on any atom is 0.268 e. The molecule has 8 heteroatoms. The van der Waals surface area contributed by atoms with Gasteiger partial charge in [0.05, 0.1) is 0 Å². The van der Waals surface area contributed by atoms with E-state index in [0.717, 1.165) is 26.2 Å². The molecule has 1 aromatic carbocycles. The molecule has 0 radical (unpaired) electrons. The number of likely N-dealkylation sites (N-methyl/N-ethyl adjacent to an activating group) is 1. The van der Waals surface area contributed by atoms with Crippen LogP contribution in [0.4, 0.5) is 10.2 Å². The topological polar surface area (TPSA) is 113 Å². The van der Waals surface area contributed by atoms with Crippen LogP contribution in [-0.2, 0) is 6.54 Å². The second-order valence-corrected chi connectivity index (χ2v) is 6.60. The Balaban J connectivity index is 1.99. The maximum absolute atomic E-state index is 14.7. The van der Waals surface area contributed by atoms with E-state index in [1.165, 1.54) is 6.07 Å². The summed E-state index contributed by atoms with van der Waals surface area (Å²) in [5, 5.41) is 18.7. The van der Waals surface area contributed by atoms with Crippen molar-refractivity contribution in [3.63, 3.8) is 0 Å². The number of pyridine rings is 1. The highest BCUT2D eigenvalue weighted by Crippen LogP contribution is 2.29. The number of piperazine rings is 1. The quantitative estimate of drug-likeness (QED) is 0.845. The normalized spacial score (nSPS) is 15.3. The summed E-state index contributed by atoms with van der Waals surface area (Å²) in [4.78, 5) is 18.7. The van der Waals surface area contributed by atoms with Crippen LogP contribution in [0.3, 0.4) is 0 Å². The van der Waals surface area contributed by atoms with Gasteiger partial charge in [-0.2, -0.15) is 10.5 Å². The Labute approximate surface area is 156 Å². The summed E-state index contributed by atoms with van der Waals surface area (Å²) in [6.45, 7) is 4.07. The van der Waals surface area contributed by atoms with Crippen LogP contribution in [-0.4, -0.2) is 48.0 Å². The number of rotatable bonds is 3. The number of H-pyrrole nitrogens is 1. The van der Waals surface area contributed by atoms with Crippen LogP contribution in [0.1, 0.15) is 16.7 Å². The van der Waals surface area contributed by atoms with Gasteiger partial charge in [-0.05, 0) is 18.7 Å². The van der Waals surface area contributed by atoms with Crippen LogP contribution in [0.5, 0.6) is 0 Å². The van der Waals surface area contributed by atoms with Crippen LogP contribution in [0.25, 0.3) is 11.1 Å². The SMILES string of the molecule is CN1CCN(Cc2ccc(-c3c(C#N)c(N)[nH]c(=O)c3C#N)cc2F)CC1. The van der Waals surface area contributed by atoms with E-state index >= 15 is 0 Å². The summed E-state index contributed by atoms with van der Waals surface area (Å²) in [6, 6.07) is 8.16. The van der Waals surface area contributed by atoms with Crippen LogP contribution >= 0.6 is 0 Å². The van der Waals surface area contributed by atoms with Crippen molar-refractivity contribution >= 4 is 5.82 Å². The van der Waals surface area contributed by atoms with E-state index in [1.54, 1.807) is 18.2 Å². The third-order valence-corrected chi connectivity index (χ3v) is 4.80. The molecule has 2 aromatic rings. The largest absolute Gasteiger partial charge is 0.384 e. The first-order valence-electron chi connectivity index (χ1n) is 8.50. The Bertz CT molecular complexity index is 1010.